The maximum Gasteiger partial charge on any atom is 0.159 e. The average Bonchev–Trinajstić information content (AvgIpc) is 2.56. The van der Waals surface area contributed by atoms with E-state index in [4.69, 9.17) is 5.11 Å². The van der Waals surface area contributed by atoms with Crippen LogP contribution in [0.1, 0.15) is 5.56 Å². The minimum Gasteiger partial charge on any atom is -0.392 e. The smallest absolute Gasteiger partial charge is 0.159 e. The Morgan fingerprint density at radius 3 is 2.60 bits per heavy atom. The van der Waals surface area contributed by atoms with Crippen LogP contribution in [-0.4, -0.2) is 41.3 Å². The predicted molar refractivity (Wildman–Crippen MR) is 78.5 cm³/mol. The highest BCUT2D eigenvalue weighted by atomic mass is 16.3. The van der Waals surface area contributed by atoms with Crippen LogP contribution >= 0.6 is 0 Å². The van der Waals surface area contributed by atoms with Crippen LogP contribution in [0.15, 0.2) is 36.7 Å². The summed E-state index contributed by atoms with van der Waals surface area (Å²) in [5.41, 5.74) is 2.87. The van der Waals surface area contributed by atoms with E-state index in [0.29, 0.717) is 5.82 Å². The molecular formula is C15H18N4O. The lowest BCUT2D eigenvalue weighted by Gasteiger charge is -2.28. The van der Waals surface area contributed by atoms with E-state index in [1.807, 2.05) is 36.7 Å². The van der Waals surface area contributed by atoms with Crippen molar-refractivity contribution < 1.29 is 5.11 Å². The van der Waals surface area contributed by atoms with Gasteiger partial charge in [-0.2, -0.15) is 0 Å². The Balaban J connectivity index is 1.81. The number of aliphatic hydroxyl groups is 1. The van der Waals surface area contributed by atoms with Crippen molar-refractivity contribution in [2.75, 3.05) is 31.1 Å². The molecule has 0 radical (unpaired) electrons. The van der Waals surface area contributed by atoms with Crippen LogP contribution in [0.5, 0.6) is 0 Å². The van der Waals surface area contributed by atoms with Gasteiger partial charge in [-0.25, -0.2) is 9.97 Å². The van der Waals surface area contributed by atoms with E-state index in [-0.39, 0.29) is 6.61 Å². The highest BCUT2D eigenvalue weighted by Crippen LogP contribution is 2.19. The minimum absolute atomic E-state index is 0.0344. The molecule has 5 heteroatoms. The molecule has 1 aromatic heterocycles. The molecule has 1 fully saturated rings. The third-order valence-corrected chi connectivity index (χ3v) is 3.49. The van der Waals surface area contributed by atoms with Gasteiger partial charge >= 0.3 is 0 Å². The quantitative estimate of drug-likeness (QED) is 0.873. The van der Waals surface area contributed by atoms with Crippen molar-refractivity contribution in [3.8, 4) is 11.4 Å². The van der Waals surface area contributed by atoms with Crippen molar-refractivity contribution in [3.63, 3.8) is 0 Å². The van der Waals surface area contributed by atoms with Crippen LogP contribution in [0, 0.1) is 0 Å². The maximum absolute atomic E-state index is 9.17. The molecule has 0 amide bonds. The van der Waals surface area contributed by atoms with Crippen LogP contribution < -0.4 is 10.2 Å². The topological polar surface area (TPSA) is 61.3 Å². The molecule has 2 N–H and O–H groups in total. The summed E-state index contributed by atoms with van der Waals surface area (Å²) in [5.74, 6) is 0.694. The van der Waals surface area contributed by atoms with Crippen LogP contribution in [0.2, 0.25) is 0 Å². The summed E-state index contributed by atoms with van der Waals surface area (Å²) in [7, 11) is 0. The number of anilines is 1. The molecule has 0 atom stereocenters. The van der Waals surface area contributed by atoms with E-state index in [9.17, 15) is 0 Å². The van der Waals surface area contributed by atoms with Gasteiger partial charge in [-0.1, -0.05) is 18.2 Å². The average molecular weight is 270 g/mol. The van der Waals surface area contributed by atoms with Crippen molar-refractivity contribution in [3.05, 3.63) is 42.2 Å². The second-order valence-electron chi connectivity index (χ2n) is 4.86. The SMILES string of the molecule is OCc1cccc(-c2ncc(N3CCNCC3)cn2)c1. The third kappa shape index (κ3) is 2.79. The van der Waals surface area contributed by atoms with E-state index in [1.54, 1.807) is 0 Å². The number of nitrogens with one attached hydrogen (secondary N) is 1. The van der Waals surface area contributed by atoms with Crippen LogP contribution in [-0.2, 0) is 6.61 Å². The molecule has 1 aliphatic heterocycles. The standard InChI is InChI=1S/C15H18N4O/c20-11-12-2-1-3-13(8-12)15-17-9-14(10-18-15)19-6-4-16-5-7-19/h1-3,8-10,16,20H,4-7,11H2. The Kier molecular flexibility index (Phi) is 3.90. The Bertz CT molecular complexity index is 564. The summed E-state index contributed by atoms with van der Waals surface area (Å²) in [6.45, 7) is 4.01. The molecule has 20 heavy (non-hydrogen) atoms. The lowest BCUT2D eigenvalue weighted by molar-refractivity contribution is 0.282. The number of aromatic nitrogens is 2. The third-order valence-electron chi connectivity index (χ3n) is 3.49. The Hall–Kier alpha value is -1.98. The van der Waals surface area contributed by atoms with E-state index < -0.39 is 0 Å². The van der Waals surface area contributed by atoms with Gasteiger partial charge in [0.05, 0.1) is 24.7 Å². The van der Waals surface area contributed by atoms with Gasteiger partial charge in [0.1, 0.15) is 0 Å². The second kappa shape index (κ2) is 5.98. The first-order valence-corrected chi connectivity index (χ1v) is 6.85. The number of aliphatic hydroxyl groups excluding tert-OH is 1. The molecule has 2 heterocycles. The van der Waals surface area contributed by atoms with E-state index >= 15 is 0 Å². The minimum atomic E-state index is 0.0344. The van der Waals surface area contributed by atoms with Gasteiger partial charge in [0.25, 0.3) is 0 Å². The van der Waals surface area contributed by atoms with Crippen LogP contribution in [0.25, 0.3) is 11.4 Å². The fraction of sp³-hybridized carbons (Fsp3) is 0.333. The molecule has 3 rings (SSSR count). The molecule has 5 nitrogen and oxygen atoms in total. The first-order valence-electron chi connectivity index (χ1n) is 6.85. The van der Waals surface area contributed by atoms with Crippen molar-refractivity contribution in [2.45, 2.75) is 6.61 Å². The molecule has 104 valence electrons. The summed E-state index contributed by atoms with van der Waals surface area (Å²) < 4.78 is 0. The number of benzene rings is 1. The van der Waals surface area contributed by atoms with Gasteiger partial charge in [-0.05, 0) is 11.6 Å². The molecule has 2 aromatic rings. The molecule has 1 aromatic carbocycles. The molecule has 0 spiro atoms. The number of nitrogens with zero attached hydrogens (tertiary/aromatic N) is 3. The number of piperazine rings is 1. The van der Waals surface area contributed by atoms with Crippen LogP contribution in [0.4, 0.5) is 5.69 Å². The monoisotopic (exact) mass is 270 g/mol. The first kappa shape index (κ1) is 13.0. The Morgan fingerprint density at radius 2 is 1.90 bits per heavy atom. The van der Waals surface area contributed by atoms with E-state index in [1.165, 1.54) is 0 Å². The van der Waals surface area contributed by atoms with E-state index in [2.05, 4.69) is 20.2 Å². The zero-order valence-electron chi connectivity index (χ0n) is 11.3. The van der Waals surface area contributed by atoms with Gasteiger partial charge in [0.15, 0.2) is 5.82 Å². The van der Waals surface area contributed by atoms with Crippen LogP contribution in [0.3, 0.4) is 0 Å². The highest BCUT2D eigenvalue weighted by Gasteiger charge is 2.11. The molecule has 0 saturated carbocycles. The summed E-state index contributed by atoms with van der Waals surface area (Å²) in [6, 6.07) is 7.67. The van der Waals surface area contributed by atoms with Crippen molar-refractivity contribution in [2.24, 2.45) is 0 Å². The molecular weight excluding hydrogens is 252 g/mol. The second-order valence-corrected chi connectivity index (χ2v) is 4.86. The van der Waals surface area contributed by atoms with Gasteiger partial charge in [0, 0.05) is 31.7 Å². The Labute approximate surface area is 118 Å². The van der Waals surface area contributed by atoms with Gasteiger partial charge < -0.3 is 15.3 Å². The fourth-order valence-corrected chi connectivity index (χ4v) is 2.37. The highest BCUT2D eigenvalue weighted by molar-refractivity contribution is 5.57. The first-order chi connectivity index (χ1) is 9.86. The van der Waals surface area contributed by atoms with Gasteiger partial charge in [-0.15, -0.1) is 0 Å². The molecule has 0 aliphatic carbocycles. The lowest BCUT2D eigenvalue weighted by atomic mass is 10.1. The van der Waals surface area contributed by atoms with Crippen molar-refractivity contribution in [1.29, 1.82) is 0 Å². The summed E-state index contributed by atoms with van der Waals surface area (Å²) in [4.78, 5) is 11.2. The molecule has 0 unspecified atom stereocenters. The Morgan fingerprint density at radius 1 is 1.15 bits per heavy atom. The normalized spacial score (nSPS) is 15.3. The van der Waals surface area contributed by atoms with E-state index in [0.717, 1.165) is 43.0 Å². The number of hydrogen-bond acceptors (Lipinski definition) is 5. The number of rotatable bonds is 3. The summed E-state index contributed by atoms with van der Waals surface area (Å²) >= 11 is 0. The molecule has 1 aliphatic rings. The predicted octanol–water partition coefficient (Wildman–Crippen LogP) is 1.05. The maximum atomic E-state index is 9.17. The molecule has 1 saturated heterocycles. The molecule has 0 bridgehead atoms. The summed E-state index contributed by atoms with van der Waals surface area (Å²) in [6.07, 6.45) is 3.75. The van der Waals surface area contributed by atoms with Crippen molar-refractivity contribution >= 4 is 5.69 Å². The lowest BCUT2D eigenvalue weighted by Crippen LogP contribution is -2.43. The van der Waals surface area contributed by atoms with Gasteiger partial charge in [0.2, 0.25) is 0 Å². The van der Waals surface area contributed by atoms with Gasteiger partial charge in [-0.3, -0.25) is 0 Å². The largest absolute Gasteiger partial charge is 0.392 e. The zero-order valence-corrected chi connectivity index (χ0v) is 11.3. The zero-order chi connectivity index (χ0) is 13.8. The van der Waals surface area contributed by atoms with Crippen molar-refractivity contribution in [1.82, 2.24) is 15.3 Å². The fourth-order valence-electron chi connectivity index (χ4n) is 2.37. The number of hydrogen-bond donors (Lipinski definition) is 2. The summed E-state index contributed by atoms with van der Waals surface area (Å²) in [5, 5.41) is 12.5.